The Morgan fingerprint density at radius 1 is 0.867 bits per heavy atom. The minimum atomic E-state index is -0.521. The van der Waals surface area contributed by atoms with Crippen LogP contribution in [0.4, 0.5) is 5.69 Å². The molecule has 0 spiro atoms. The number of aromatic nitrogens is 1. The zero-order valence-corrected chi connectivity index (χ0v) is 17.6. The molecule has 0 aliphatic heterocycles. The summed E-state index contributed by atoms with van der Waals surface area (Å²) in [6, 6.07) is 18.7. The molecule has 0 atom stereocenters. The highest BCUT2D eigenvalue weighted by Gasteiger charge is 2.29. The molecule has 0 unspecified atom stereocenters. The van der Waals surface area contributed by atoms with Gasteiger partial charge in [-0.05, 0) is 56.2 Å². The molecule has 0 fully saturated rings. The number of nitrogens with zero attached hydrogens (tertiary/aromatic N) is 2. The number of hydrogen-bond donors (Lipinski definition) is 0. The number of imide groups is 1. The first-order valence-corrected chi connectivity index (χ1v) is 10.2. The van der Waals surface area contributed by atoms with Gasteiger partial charge < -0.3 is 4.57 Å². The Labute approximate surface area is 176 Å². The fourth-order valence-electron chi connectivity index (χ4n) is 3.35. The van der Waals surface area contributed by atoms with E-state index >= 15 is 0 Å². The van der Waals surface area contributed by atoms with Crippen LogP contribution in [0.1, 0.15) is 51.7 Å². The van der Waals surface area contributed by atoms with Crippen LogP contribution in [0.15, 0.2) is 71.5 Å². The van der Waals surface area contributed by atoms with E-state index in [0.717, 1.165) is 29.0 Å². The highest BCUT2D eigenvalue weighted by molar-refractivity contribution is 6.25. The van der Waals surface area contributed by atoms with Crippen LogP contribution >= 0.6 is 0 Å². The molecule has 0 N–H and O–H groups in total. The number of unbranched alkanes of at least 4 members (excludes halogenated alkanes) is 1. The van der Waals surface area contributed by atoms with Crippen molar-refractivity contribution >= 4 is 17.5 Å². The molecule has 0 radical (unpaired) electrons. The van der Waals surface area contributed by atoms with Crippen LogP contribution in [0.3, 0.4) is 0 Å². The average Bonchev–Trinajstić information content (AvgIpc) is 2.78. The van der Waals surface area contributed by atoms with Gasteiger partial charge in [-0.3, -0.25) is 14.4 Å². The number of anilines is 1. The molecule has 1 aromatic heterocycles. The predicted octanol–water partition coefficient (Wildman–Crippen LogP) is 4.75. The van der Waals surface area contributed by atoms with Gasteiger partial charge in [0.05, 0.1) is 0 Å². The van der Waals surface area contributed by atoms with Gasteiger partial charge in [0.25, 0.3) is 17.4 Å². The van der Waals surface area contributed by atoms with Crippen molar-refractivity contribution in [2.45, 2.75) is 40.2 Å². The SMILES string of the molecule is CCCCn1c(C)c(C)cc(N(C(=O)c2ccccc2)C(=O)c2ccccc2)c1=O. The first kappa shape index (κ1) is 21.2. The van der Waals surface area contributed by atoms with Gasteiger partial charge in [-0.15, -0.1) is 0 Å². The van der Waals surface area contributed by atoms with Gasteiger partial charge in [-0.25, -0.2) is 4.90 Å². The van der Waals surface area contributed by atoms with Gasteiger partial charge in [0.1, 0.15) is 5.69 Å². The van der Waals surface area contributed by atoms with Crippen molar-refractivity contribution in [2.75, 3.05) is 4.90 Å². The van der Waals surface area contributed by atoms with Crippen LogP contribution in [-0.4, -0.2) is 16.4 Å². The Balaban J connectivity index is 2.20. The summed E-state index contributed by atoms with van der Waals surface area (Å²) in [5, 5.41) is 0. The molecule has 0 saturated heterocycles. The van der Waals surface area contributed by atoms with E-state index in [1.807, 2.05) is 13.8 Å². The van der Waals surface area contributed by atoms with Crippen molar-refractivity contribution in [3.8, 4) is 0 Å². The Hall–Kier alpha value is -3.47. The molecular weight excluding hydrogens is 376 g/mol. The van der Waals surface area contributed by atoms with E-state index in [1.165, 1.54) is 0 Å². The minimum Gasteiger partial charge on any atom is -0.311 e. The fourth-order valence-corrected chi connectivity index (χ4v) is 3.35. The van der Waals surface area contributed by atoms with Gasteiger partial charge >= 0.3 is 0 Å². The quantitative estimate of drug-likeness (QED) is 0.559. The molecule has 5 nitrogen and oxygen atoms in total. The van der Waals surface area contributed by atoms with E-state index in [9.17, 15) is 14.4 Å². The molecule has 1 heterocycles. The molecule has 0 aliphatic carbocycles. The number of pyridine rings is 1. The number of aryl methyl sites for hydroxylation is 1. The maximum Gasteiger partial charge on any atom is 0.275 e. The molecule has 2 amide bonds. The number of carbonyl (C=O) groups is 2. The van der Waals surface area contributed by atoms with E-state index in [1.54, 1.807) is 71.3 Å². The molecule has 0 saturated carbocycles. The summed E-state index contributed by atoms with van der Waals surface area (Å²) >= 11 is 0. The lowest BCUT2D eigenvalue weighted by Crippen LogP contribution is -2.42. The Morgan fingerprint density at radius 3 is 1.83 bits per heavy atom. The lowest BCUT2D eigenvalue weighted by Gasteiger charge is -2.23. The summed E-state index contributed by atoms with van der Waals surface area (Å²) in [7, 11) is 0. The van der Waals surface area contributed by atoms with E-state index in [4.69, 9.17) is 0 Å². The molecule has 3 rings (SSSR count). The minimum absolute atomic E-state index is 0.0805. The average molecular weight is 402 g/mol. The zero-order chi connectivity index (χ0) is 21.7. The fraction of sp³-hybridized carbons (Fsp3) is 0.240. The summed E-state index contributed by atoms with van der Waals surface area (Å²) in [5.41, 5.74) is 2.14. The summed E-state index contributed by atoms with van der Waals surface area (Å²) in [4.78, 5) is 41.2. The van der Waals surface area contributed by atoms with Gasteiger partial charge in [0.2, 0.25) is 0 Å². The molecule has 5 heteroatoms. The maximum atomic E-state index is 13.4. The summed E-state index contributed by atoms with van der Waals surface area (Å²) < 4.78 is 1.66. The van der Waals surface area contributed by atoms with Crippen LogP contribution in [0.25, 0.3) is 0 Å². The number of hydrogen-bond acceptors (Lipinski definition) is 3. The van der Waals surface area contributed by atoms with Crippen LogP contribution in [-0.2, 0) is 6.54 Å². The predicted molar refractivity (Wildman–Crippen MR) is 119 cm³/mol. The second-order valence-electron chi connectivity index (χ2n) is 7.29. The van der Waals surface area contributed by atoms with Gasteiger partial charge in [-0.1, -0.05) is 49.7 Å². The normalized spacial score (nSPS) is 10.6. The zero-order valence-electron chi connectivity index (χ0n) is 17.6. The van der Waals surface area contributed by atoms with E-state index in [-0.39, 0.29) is 11.2 Å². The molecular formula is C25H26N2O3. The monoisotopic (exact) mass is 402 g/mol. The third-order valence-corrected chi connectivity index (χ3v) is 5.22. The third-order valence-electron chi connectivity index (χ3n) is 5.22. The van der Waals surface area contributed by atoms with Crippen LogP contribution < -0.4 is 10.5 Å². The smallest absolute Gasteiger partial charge is 0.275 e. The lowest BCUT2D eigenvalue weighted by atomic mass is 10.1. The van der Waals surface area contributed by atoms with Gasteiger partial charge in [0.15, 0.2) is 0 Å². The number of carbonyl (C=O) groups excluding carboxylic acids is 2. The number of benzene rings is 2. The topological polar surface area (TPSA) is 59.4 Å². The van der Waals surface area contributed by atoms with Crippen molar-refractivity contribution in [1.82, 2.24) is 4.57 Å². The molecule has 3 aromatic rings. The first-order valence-electron chi connectivity index (χ1n) is 10.2. The van der Waals surface area contributed by atoms with E-state index in [0.29, 0.717) is 17.7 Å². The lowest BCUT2D eigenvalue weighted by molar-refractivity contribution is 0.0897. The first-order chi connectivity index (χ1) is 14.5. The number of amides is 2. The standard InChI is InChI=1S/C25H26N2O3/c1-4-5-16-26-19(3)18(2)17-22(25(26)30)27(23(28)20-12-8-6-9-13-20)24(29)21-14-10-7-11-15-21/h6-15,17H,4-5,16H2,1-3H3. The van der Waals surface area contributed by atoms with Crippen LogP contribution in [0.5, 0.6) is 0 Å². The summed E-state index contributed by atoms with van der Waals surface area (Å²) in [6.45, 7) is 6.38. The molecule has 2 aromatic carbocycles. The van der Waals surface area contributed by atoms with Gasteiger partial charge in [-0.2, -0.15) is 0 Å². The maximum absolute atomic E-state index is 13.4. The molecule has 154 valence electrons. The summed E-state index contributed by atoms with van der Waals surface area (Å²) in [6.07, 6.45) is 1.77. The second kappa shape index (κ2) is 9.35. The van der Waals surface area contributed by atoms with E-state index < -0.39 is 11.8 Å². The molecule has 30 heavy (non-hydrogen) atoms. The van der Waals surface area contributed by atoms with Crippen LogP contribution in [0, 0.1) is 13.8 Å². The Kier molecular flexibility index (Phi) is 6.62. The van der Waals surface area contributed by atoms with Crippen LogP contribution in [0.2, 0.25) is 0 Å². The highest BCUT2D eigenvalue weighted by Crippen LogP contribution is 2.20. The van der Waals surface area contributed by atoms with Gasteiger partial charge in [0, 0.05) is 23.4 Å². The van der Waals surface area contributed by atoms with Crippen molar-refractivity contribution < 1.29 is 9.59 Å². The second-order valence-corrected chi connectivity index (χ2v) is 7.29. The largest absolute Gasteiger partial charge is 0.311 e. The van der Waals surface area contributed by atoms with Crippen molar-refractivity contribution in [2.24, 2.45) is 0 Å². The van der Waals surface area contributed by atoms with Crippen molar-refractivity contribution in [1.29, 1.82) is 0 Å². The highest BCUT2D eigenvalue weighted by atomic mass is 16.2. The van der Waals surface area contributed by atoms with Crippen molar-refractivity contribution in [3.05, 3.63) is 99.5 Å². The summed E-state index contributed by atoms with van der Waals surface area (Å²) in [5.74, 6) is -1.04. The Bertz CT molecular complexity index is 1050. The third kappa shape index (κ3) is 4.25. The van der Waals surface area contributed by atoms with E-state index in [2.05, 4.69) is 6.92 Å². The Morgan fingerprint density at radius 2 is 1.37 bits per heavy atom. The molecule has 0 aliphatic rings. The molecule has 0 bridgehead atoms. The number of rotatable bonds is 6. The van der Waals surface area contributed by atoms with Crippen molar-refractivity contribution in [3.63, 3.8) is 0 Å².